The zero-order chi connectivity index (χ0) is 14.7. The van der Waals surface area contributed by atoms with Crippen molar-refractivity contribution in [1.29, 1.82) is 0 Å². The summed E-state index contributed by atoms with van der Waals surface area (Å²) >= 11 is 6.02. The predicted molar refractivity (Wildman–Crippen MR) is 71.5 cm³/mol. The number of halogens is 1. The third-order valence-corrected chi connectivity index (χ3v) is 2.84. The van der Waals surface area contributed by atoms with Crippen molar-refractivity contribution >= 4 is 23.5 Å². The minimum absolute atomic E-state index is 0.0801. The highest BCUT2D eigenvalue weighted by atomic mass is 35.5. The molecule has 0 bridgehead atoms. The predicted octanol–water partition coefficient (Wildman–Crippen LogP) is 2.40. The Morgan fingerprint density at radius 1 is 1.40 bits per heavy atom. The van der Waals surface area contributed by atoms with Crippen LogP contribution in [0.3, 0.4) is 0 Å². The normalized spacial score (nSPS) is 10.3. The highest BCUT2D eigenvalue weighted by Crippen LogP contribution is 2.22. The van der Waals surface area contributed by atoms with Gasteiger partial charge in [0.05, 0.1) is 34.6 Å². The second kappa shape index (κ2) is 5.75. The Morgan fingerprint density at radius 3 is 2.75 bits per heavy atom. The van der Waals surface area contributed by atoms with Crippen molar-refractivity contribution in [1.82, 2.24) is 9.78 Å². The maximum Gasteiger partial charge on any atom is 0.341 e. The molecule has 0 atom stereocenters. The molecular formula is C13H11ClN2O4. The molecule has 0 saturated heterocycles. The number of aromatic nitrogens is 2. The van der Waals surface area contributed by atoms with Crippen molar-refractivity contribution in [2.45, 2.75) is 6.92 Å². The van der Waals surface area contributed by atoms with Gasteiger partial charge in [-0.15, -0.1) is 0 Å². The summed E-state index contributed by atoms with van der Waals surface area (Å²) in [5.74, 6) is -1.54. The van der Waals surface area contributed by atoms with E-state index in [1.165, 1.54) is 35.3 Å². The van der Waals surface area contributed by atoms with E-state index in [-0.39, 0.29) is 17.2 Å². The Hall–Kier alpha value is -2.34. The molecule has 0 aliphatic carbocycles. The molecule has 6 nitrogen and oxygen atoms in total. The van der Waals surface area contributed by atoms with E-state index in [1.807, 2.05) is 0 Å². The largest absolute Gasteiger partial charge is 0.478 e. The molecular weight excluding hydrogens is 284 g/mol. The first-order chi connectivity index (χ1) is 9.52. The number of carboxylic acids is 1. The quantitative estimate of drug-likeness (QED) is 0.876. The number of aromatic carboxylic acids is 1. The average molecular weight is 295 g/mol. The minimum atomic E-state index is -1.06. The molecule has 1 aromatic heterocycles. The lowest BCUT2D eigenvalue weighted by Gasteiger charge is -2.05. The summed E-state index contributed by atoms with van der Waals surface area (Å²) in [6.07, 6.45) is 2.83. The minimum Gasteiger partial charge on any atom is -0.478 e. The molecule has 104 valence electrons. The summed E-state index contributed by atoms with van der Waals surface area (Å²) in [5, 5.41) is 13.1. The molecule has 0 spiro atoms. The van der Waals surface area contributed by atoms with Crippen molar-refractivity contribution in [2.24, 2.45) is 0 Å². The van der Waals surface area contributed by atoms with Gasteiger partial charge >= 0.3 is 11.9 Å². The van der Waals surface area contributed by atoms with Crippen LogP contribution in [0.2, 0.25) is 5.02 Å². The maximum atomic E-state index is 11.5. The molecule has 0 saturated carbocycles. The Morgan fingerprint density at radius 2 is 2.15 bits per heavy atom. The molecule has 2 aromatic rings. The van der Waals surface area contributed by atoms with Crippen LogP contribution in [0.25, 0.3) is 5.69 Å². The molecule has 0 radical (unpaired) electrons. The molecule has 1 heterocycles. The molecule has 0 unspecified atom stereocenters. The topological polar surface area (TPSA) is 81.4 Å². The maximum absolute atomic E-state index is 11.5. The number of benzene rings is 1. The van der Waals surface area contributed by atoms with Crippen LogP contribution in [-0.4, -0.2) is 33.4 Å². The summed E-state index contributed by atoms with van der Waals surface area (Å²) in [4.78, 5) is 22.4. The van der Waals surface area contributed by atoms with Gasteiger partial charge in [0.2, 0.25) is 0 Å². The lowest BCUT2D eigenvalue weighted by Crippen LogP contribution is -2.03. The zero-order valence-electron chi connectivity index (χ0n) is 10.5. The van der Waals surface area contributed by atoms with Crippen molar-refractivity contribution in [3.05, 3.63) is 46.7 Å². The molecule has 1 N–H and O–H groups in total. The molecule has 0 amide bonds. The lowest BCUT2D eigenvalue weighted by atomic mass is 10.2. The summed E-state index contributed by atoms with van der Waals surface area (Å²) in [7, 11) is 0. The molecule has 0 aliphatic rings. The highest BCUT2D eigenvalue weighted by molar-refractivity contribution is 6.32. The van der Waals surface area contributed by atoms with E-state index in [4.69, 9.17) is 21.4 Å². The molecule has 0 aliphatic heterocycles. The smallest absolute Gasteiger partial charge is 0.341 e. The van der Waals surface area contributed by atoms with E-state index in [0.29, 0.717) is 11.3 Å². The fourth-order valence-corrected chi connectivity index (χ4v) is 1.87. The molecule has 1 aromatic carbocycles. The highest BCUT2D eigenvalue weighted by Gasteiger charge is 2.13. The average Bonchev–Trinajstić information content (AvgIpc) is 2.88. The summed E-state index contributed by atoms with van der Waals surface area (Å²) in [6.45, 7) is 1.99. The second-order valence-electron chi connectivity index (χ2n) is 3.87. The fraction of sp³-hybridized carbons (Fsp3) is 0.154. The Balaban J connectivity index is 2.33. The number of carbonyl (C=O) groups is 2. The first kappa shape index (κ1) is 14.1. The van der Waals surface area contributed by atoms with Crippen molar-refractivity contribution in [3.8, 4) is 5.69 Å². The molecule has 2 rings (SSSR count). The van der Waals surface area contributed by atoms with E-state index >= 15 is 0 Å². The van der Waals surface area contributed by atoms with E-state index in [2.05, 4.69) is 5.10 Å². The number of carboxylic acid groups (broad SMARTS) is 1. The van der Waals surface area contributed by atoms with Gasteiger partial charge in [-0.25, -0.2) is 14.3 Å². The Kier molecular flexibility index (Phi) is 4.05. The number of carbonyl (C=O) groups excluding carboxylic acids is 1. The van der Waals surface area contributed by atoms with Gasteiger partial charge in [-0.1, -0.05) is 11.6 Å². The van der Waals surface area contributed by atoms with Gasteiger partial charge in [-0.3, -0.25) is 0 Å². The van der Waals surface area contributed by atoms with Gasteiger partial charge in [-0.2, -0.15) is 5.10 Å². The van der Waals surface area contributed by atoms with E-state index in [0.717, 1.165) is 0 Å². The Bertz CT molecular complexity index is 666. The molecule has 7 heteroatoms. The number of hydrogen-bond acceptors (Lipinski definition) is 4. The standard InChI is InChI=1S/C13H11ClN2O4/c1-2-20-13(19)9-6-15-16(7-9)11-4-3-8(12(17)18)5-10(11)14/h3-7H,2H2,1H3,(H,17,18). The van der Waals surface area contributed by atoms with Crippen LogP contribution in [0.1, 0.15) is 27.6 Å². The number of rotatable bonds is 4. The van der Waals surface area contributed by atoms with E-state index < -0.39 is 11.9 Å². The van der Waals surface area contributed by atoms with Crippen LogP contribution in [0.15, 0.2) is 30.6 Å². The van der Waals surface area contributed by atoms with Gasteiger partial charge in [0.1, 0.15) is 0 Å². The van der Waals surface area contributed by atoms with Gasteiger partial charge in [-0.05, 0) is 25.1 Å². The third kappa shape index (κ3) is 2.80. The van der Waals surface area contributed by atoms with Crippen molar-refractivity contribution in [2.75, 3.05) is 6.61 Å². The number of nitrogens with zero attached hydrogens (tertiary/aromatic N) is 2. The van der Waals surface area contributed by atoms with Crippen LogP contribution < -0.4 is 0 Å². The molecule has 20 heavy (non-hydrogen) atoms. The summed E-state index contributed by atoms with van der Waals surface area (Å²) in [5.41, 5.74) is 0.856. The summed E-state index contributed by atoms with van der Waals surface area (Å²) in [6, 6.07) is 4.26. The van der Waals surface area contributed by atoms with Crippen LogP contribution in [0.5, 0.6) is 0 Å². The SMILES string of the molecule is CCOC(=O)c1cnn(-c2ccc(C(=O)O)cc2Cl)c1. The van der Waals surface area contributed by atoms with Crippen molar-refractivity contribution < 1.29 is 19.4 Å². The zero-order valence-corrected chi connectivity index (χ0v) is 11.3. The third-order valence-electron chi connectivity index (χ3n) is 2.54. The van der Waals surface area contributed by atoms with Gasteiger partial charge in [0, 0.05) is 6.20 Å². The first-order valence-electron chi connectivity index (χ1n) is 5.78. The van der Waals surface area contributed by atoms with E-state index in [9.17, 15) is 9.59 Å². The monoisotopic (exact) mass is 294 g/mol. The van der Waals surface area contributed by atoms with Gasteiger partial charge in [0.25, 0.3) is 0 Å². The van der Waals surface area contributed by atoms with E-state index in [1.54, 1.807) is 6.92 Å². The lowest BCUT2D eigenvalue weighted by molar-refractivity contribution is 0.0526. The van der Waals surface area contributed by atoms with Crippen LogP contribution in [0.4, 0.5) is 0 Å². The van der Waals surface area contributed by atoms with Gasteiger partial charge in [0.15, 0.2) is 0 Å². The number of ether oxygens (including phenoxy) is 1. The van der Waals surface area contributed by atoms with Crippen LogP contribution in [0, 0.1) is 0 Å². The second-order valence-corrected chi connectivity index (χ2v) is 4.27. The number of hydrogen-bond donors (Lipinski definition) is 1. The molecule has 0 fully saturated rings. The number of esters is 1. The van der Waals surface area contributed by atoms with Crippen LogP contribution in [-0.2, 0) is 4.74 Å². The first-order valence-corrected chi connectivity index (χ1v) is 6.15. The van der Waals surface area contributed by atoms with Crippen molar-refractivity contribution in [3.63, 3.8) is 0 Å². The van der Waals surface area contributed by atoms with Crippen LogP contribution >= 0.6 is 11.6 Å². The van der Waals surface area contributed by atoms with Gasteiger partial charge < -0.3 is 9.84 Å². The fourth-order valence-electron chi connectivity index (χ4n) is 1.60. The summed E-state index contributed by atoms with van der Waals surface area (Å²) < 4.78 is 6.24. The Labute approximate surface area is 119 Å².